The minimum Gasteiger partial charge on any atom is -0.352 e. The van der Waals surface area contributed by atoms with Gasteiger partial charge in [0, 0.05) is 0 Å². The zero-order valence-corrected chi connectivity index (χ0v) is 8.63. The minimum atomic E-state index is -0.294. The summed E-state index contributed by atoms with van der Waals surface area (Å²) in [5, 5.41) is 3.50. The molecular weight excluding hydrogens is 213 g/mol. The molecule has 15 heavy (non-hydrogen) atoms. The molecule has 2 aromatic rings. The summed E-state index contributed by atoms with van der Waals surface area (Å²) < 4.78 is 13.3. The summed E-state index contributed by atoms with van der Waals surface area (Å²) in [4.78, 5) is 0. The van der Waals surface area contributed by atoms with Gasteiger partial charge in [-0.25, -0.2) is 4.39 Å². The molecular formula is C12H9ClFN. The molecule has 0 bridgehead atoms. The molecule has 0 unspecified atom stereocenters. The molecule has 2 aromatic carbocycles. The Morgan fingerprint density at radius 3 is 2.13 bits per heavy atom. The van der Waals surface area contributed by atoms with E-state index in [0.717, 1.165) is 0 Å². The van der Waals surface area contributed by atoms with E-state index in [9.17, 15) is 4.39 Å². The van der Waals surface area contributed by atoms with E-state index in [2.05, 4.69) is 5.32 Å². The highest BCUT2D eigenvalue weighted by Gasteiger charge is 2.02. The van der Waals surface area contributed by atoms with Crippen LogP contribution in [0.1, 0.15) is 0 Å². The van der Waals surface area contributed by atoms with E-state index >= 15 is 0 Å². The van der Waals surface area contributed by atoms with Crippen molar-refractivity contribution in [1.82, 2.24) is 0 Å². The van der Waals surface area contributed by atoms with Crippen LogP contribution in [0.15, 0.2) is 48.5 Å². The van der Waals surface area contributed by atoms with Crippen LogP contribution in [0.5, 0.6) is 0 Å². The predicted octanol–water partition coefficient (Wildman–Crippen LogP) is 4.22. The number of benzene rings is 2. The van der Waals surface area contributed by atoms with Crippen LogP contribution >= 0.6 is 11.6 Å². The Labute approximate surface area is 92.5 Å². The summed E-state index contributed by atoms with van der Waals surface area (Å²) in [5.74, 6) is -0.294. The van der Waals surface area contributed by atoms with Crippen molar-refractivity contribution in [1.29, 1.82) is 0 Å². The molecule has 0 amide bonds. The number of halogens is 2. The first-order valence-corrected chi connectivity index (χ1v) is 4.91. The lowest BCUT2D eigenvalue weighted by molar-refractivity contribution is 0.632. The molecule has 0 aromatic heterocycles. The molecule has 0 fully saturated rings. The number of nitrogens with one attached hydrogen (secondary N) is 1. The Balaban J connectivity index is 2.30. The normalized spacial score (nSPS) is 10.0. The zero-order chi connectivity index (χ0) is 10.7. The van der Waals surface area contributed by atoms with Gasteiger partial charge >= 0.3 is 0 Å². The maximum Gasteiger partial charge on any atom is 0.146 e. The van der Waals surface area contributed by atoms with E-state index in [1.807, 2.05) is 12.1 Å². The van der Waals surface area contributed by atoms with Crippen molar-refractivity contribution in [3.63, 3.8) is 0 Å². The fraction of sp³-hybridized carbons (Fsp3) is 0. The smallest absolute Gasteiger partial charge is 0.146 e. The molecule has 0 aliphatic rings. The van der Waals surface area contributed by atoms with Crippen LogP contribution in [0.25, 0.3) is 0 Å². The minimum absolute atomic E-state index is 0.294. The van der Waals surface area contributed by atoms with E-state index in [4.69, 9.17) is 11.6 Å². The van der Waals surface area contributed by atoms with Gasteiger partial charge in [0.15, 0.2) is 0 Å². The van der Waals surface area contributed by atoms with Crippen LogP contribution in [0, 0.1) is 5.82 Å². The standard InChI is InChI=1S/C12H9ClFN/c13-9-5-1-3-7-11(9)15-12-8-4-2-6-10(12)14/h1-8,15H. The maximum atomic E-state index is 13.3. The Morgan fingerprint density at radius 1 is 0.867 bits per heavy atom. The molecule has 0 heterocycles. The van der Waals surface area contributed by atoms with Crippen LogP contribution in [-0.2, 0) is 0 Å². The fourth-order valence-electron chi connectivity index (χ4n) is 1.27. The van der Waals surface area contributed by atoms with Crippen LogP contribution in [-0.4, -0.2) is 0 Å². The van der Waals surface area contributed by atoms with Gasteiger partial charge in [0.2, 0.25) is 0 Å². The molecule has 0 spiro atoms. The second-order valence-corrected chi connectivity index (χ2v) is 3.49. The molecule has 1 N–H and O–H groups in total. The maximum absolute atomic E-state index is 13.3. The van der Waals surface area contributed by atoms with Crippen molar-refractivity contribution < 1.29 is 4.39 Å². The lowest BCUT2D eigenvalue weighted by Crippen LogP contribution is -1.93. The lowest BCUT2D eigenvalue weighted by atomic mass is 10.2. The van der Waals surface area contributed by atoms with Crippen LogP contribution in [0.4, 0.5) is 15.8 Å². The van der Waals surface area contributed by atoms with Crippen LogP contribution in [0.2, 0.25) is 5.02 Å². The number of para-hydroxylation sites is 2. The lowest BCUT2D eigenvalue weighted by Gasteiger charge is -2.08. The van der Waals surface area contributed by atoms with Crippen molar-refractivity contribution in [3.05, 3.63) is 59.4 Å². The van der Waals surface area contributed by atoms with Crippen molar-refractivity contribution in [2.75, 3.05) is 5.32 Å². The molecule has 0 atom stereocenters. The molecule has 0 aliphatic carbocycles. The molecule has 0 saturated carbocycles. The van der Waals surface area contributed by atoms with Crippen molar-refractivity contribution in [3.8, 4) is 0 Å². The largest absolute Gasteiger partial charge is 0.352 e. The van der Waals surface area contributed by atoms with Gasteiger partial charge < -0.3 is 5.32 Å². The van der Waals surface area contributed by atoms with Gasteiger partial charge in [0.1, 0.15) is 5.82 Å². The topological polar surface area (TPSA) is 12.0 Å². The average molecular weight is 222 g/mol. The number of hydrogen-bond acceptors (Lipinski definition) is 1. The van der Waals surface area contributed by atoms with Crippen molar-refractivity contribution in [2.24, 2.45) is 0 Å². The van der Waals surface area contributed by atoms with E-state index < -0.39 is 0 Å². The quantitative estimate of drug-likeness (QED) is 0.801. The Bertz CT molecular complexity index is 427. The van der Waals surface area contributed by atoms with Crippen LogP contribution in [0.3, 0.4) is 0 Å². The third kappa shape index (κ3) is 2.28. The van der Waals surface area contributed by atoms with Gasteiger partial charge in [-0.05, 0) is 24.3 Å². The van der Waals surface area contributed by atoms with E-state index in [-0.39, 0.29) is 5.82 Å². The highest BCUT2D eigenvalue weighted by Crippen LogP contribution is 2.25. The molecule has 2 rings (SSSR count). The van der Waals surface area contributed by atoms with E-state index in [0.29, 0.717) is 16.4 Å². The number of rotatable bonds is 2. The molecule has 76 valence electrons. The van der Waals surface area contributed by atoms with Gasteiger partial charge in [-0.2, -0.15) is 0 Å². The molecule has 1 nitrogen and oxygen atoms in total. The monoisotopic (exact) mass is 221 g/mol. The molecule has 0 aliphatic heterocycles. The Hall–Kier alpha value is -1.54. The second kappa shape index (κ2) is 4.32. The SMILES string of the molecule is Fc1ccccc1Nc1ccccc1Cl. The van der Waals surface area contributed by atoms with Gasteiger partial charge in [-0.3, -0.25) is 0 Å². The first-order valence-electron chi connectivity index (χ1n) is 4.53. The highest BCUT2D eigenvalue weighted by molar-refractivity contribution is 6.33. The second-order valence-electron chi connectivity index (χ2n) is 3.08. The zero-order valence-electron chi connectivity index (χ0n) is 7.87. The van der Waals surface area contributed by atoms with Gasteiger partial charge in [0.05, 0.1) is 16.4 Å². The van der Waals surface area contributed by atoms with E-state index in [1.54, 1.807) is 30.3 Å². The molecule has 3 heteroatoms. The average Bonchev–Trinajstić information content (AvgIpc) is 2.24. The van der Waals surface area contributed by atoms with Crippen LogP contribution < -0.4 is 5.32 Å². The summed E-state index contributed by atoms with van der Waals surface area (Å²) in [5.41, 5.74) is 1.12. The summed E-state index contributed by atoms with van der Waals surface area (Å²) in [6, 6.07) is 13.7. The number of hydrogen-bond donors (Lipinski definition) is 1. The number of anilines is 2. The van der Waals surface area contributed by atoms with Crippen molar-refractivity contribution in [2.45, 2.75) is 0 Å². The third-order valence-corrected chi connectivity index (χ3v) is 2.35. The fourth-order valence-corrected chi connectivity index (χ4v) is 1.45. The summed E-state index contributed by atoms with van der Waals surface area (Å²) in [6.45, 7) is 0. The third-order valence-electron chi connectivity index (χ3n) is 2.02. The van der Waals surface area contributed by atoms with Gasteiger partial charge in [-0.1, -0.05) is 35.9 Å². The summed E-state index contributed by atoms with van der Waals surface area (Å²) in [7, 11) is 0. The Morgan fingerprint density at radius 2 is 1.47 bits per heavy atom. The highest BCUT2D eigenvalue weighted by atomic mass is 35.5. The van der Waals surface area contributed by atoms with E-state index in [1.165, 1.54) is 6.07 Å². The predicted molar refractivity (Wildman–Crippen MR) is 61.1 cm³/mol. The molecule has 0 radical (unpaired) electrons. The van der Waals surface area contributed by atoms with Gasteiger partial charge in [0.25, 0.3) is 0 Å². The van der Waals surface area contributed by atoms with Gasteiger partial charge in [-0.15, -0.1) is 0 Å². The molecule has 0 saturated heterocycles. The summed E-state index contributed by atoms with van der Waals surface area (Å²) in [6.07, 6.45) is 0. The van der Waals surface area contributed by atoms with Crippen molar-refractivity contribution >= 4 is 23.0 Å². The Kier molecular flexibility index (Phi) is 2.88. The first-order chi connectivity index (χ1) is 7.27. The summed E-state index contributed by atoms with van der Waals surface area (Å²) >= 11 is 5.94. The first kappa shape index (κ1) is 9.99.